The number of rotatable bonds is 4. The molecule has 4 aromatic rings. The van der Waals surface area contributed by atoms with Crippen LogP contribution in [-0.2, 0) is 11.0 Å². The Morgan fingerprint density at radius 2 is 1.40 bits per heavy atom. The topological polar surface area (TPSA) is 80.8 Å². The van der Waals surface area contributed by atoms with Crippen molar-refractivity contribution >= 4 is 35.1 Å². The van der Waals surface area contributed by atoms with Gasteiger partial charge in [0.05, 0.1) is 11.6 Å². The van der Waals surface area contributed by atoms with E-state index in [0.717, 1.165) is 17.7 Å². The summed E-state index contributed by atoms with van der Waals surface area (Å²) in [5, 5.41) is 0. The first-order valence-electron chi connectivity index (χ1n) is 14.3. The molecule has 45 heavy (non-hydrogen) atoms. The second-order valence-electron chi connectivity index (χ2n) is 11.4. The third-order valence-electron chi connectivity index (χ3n) is 8.98. The van der Waals surface area contributed by atoms with Crippen LogP contribution in [0.15, 0.2) is 103 Å². The normalized spacial score (nSPS) is 21.0. The van der Waals surface area contributed by atoms with Crippen molar-refractivity contribution in [3.63, 3.8) is 0 Å². The van der Waals surface area contributed by atoms with E-state index in [4.69, 9.17) is 4.74 Å². The van der Waals surface area contributed by atoms with Gasteiger partial charge in [-0.2, -0.15) is 13.2 Å². The fourth-order valence-electron chi connectivity index (χ4n) is 7.19. The van der Waals surface area contributed by atoms with Crippen LogP contribution in [0.1, 0.15) is 60.6 Å². The molecule has 7 rings (SSSR count). The summed E-state index contributed by atoms with van der Waals surface area (Å²) >= 11 is 0. The molecule has 0 saturated carbocycles. The van der Waals surface area contributed by atoms with Crippen LogP contribution in [0.3, 0.4) is 0 Å². The van der Waals surface area contributed by atoms with E-state index in [1.807, 2.05) is 18.2 Å². The molecule has 2 heterocycles. The third kappa shape index (κ3) is 4.18. The van der Waals surface area contributed by atoms with Crippen molar-refractivity contribution in [3.8, 4) is 5.75 Å². The van der Waals surface area contributed by atoms with Gasteiger partial charge in [0.15, 0.2) is 17.3 Å². The smallest absolute Gasteiger partial charge is 0.416 e. The van der Waals surface area contributed by atoms with Crippen LogP contribution < -0.4 is 9.64 Å². The largest absolute Gasteiger partial charge is 0.427 e. The Kier molecular flexibility index (Phi) is 6.40. The number of benzene rings is 4. The molecule has 3 aliphatic rings. The van der Waals surface area contributed by atoms with E-state index >= 15 is 0 Å². The number of carbonyl (C=O) groups is 4. The highest BCUT2D eigenvalue weighted by Crippen LogP contribution is 2.61. The Labute approximate surface area is 255 Å². The van der Waals surface area contributed by atoms with Crippen molar-refractivity contribution in [2.24, 2.45) is 5.41 Å². The zero-order valence-electron chi connectivity index (χ0n) is 23.7. The first-order valence-corrected chi connectivity index (χ1v) is 14.3. The summed E-state index contributed by atoms with van der Waals surface area (Å²) in [6.07, 6.45) is -1.05. The van der Waals surface area contributed by atoms with Crippen LogP contribution >= 0.6 is 0 Å². The molecule has 0 radical (unpaired) electrons. The second-order valence-corrected chi connectivity index (χ2v) is 11.4. The van der Waals surface area contributed by atoms with Crippen LogP contribution in [0.25, 0.3) is 6.08 Å². The number of hydrogen-bond acceptors (Lipinski definition) is 6. The molecular weight excluding hydrogens is 583 g/mol. The molecule has 1 spiro atoms. The highest BCUT2D eigenvalue weighted by Gasteiger charge is 2.71. The maximum absolute atomic E-state index is 14.7. The average Bonchev–Trinajstić information content (AvgIpc) is 3.46. The molecule has 1 saturated heterocycles. The summed E-state index contributed by atoms with van der Waals surface area (Å²) in [6, 6.07) is 21.9. The molecule has 0 amide bonds. The van der Waals surface area contributed by atoms with E-state index in [2.05, 4.69) is 0 Å². The molecule has 3 atom stereocenters. The summed E-state index contributed by atoms with van der Waals surface area (Å²) in [4.78, 5) is 57.2. The molecule has 0 bridgehead atoms. The number of ketones is 3. The lowest BCUT2D eigenvalue weighted by Gasteiger charge is -2.37. The first kappa shape index (κ1) is 28.5. The fraction of sp³-hybridized carbons (Fsp3) is 0.167. The number of alkyl halides is 3. The molecular formula is C36H24F3NO5. The molecule has 4 aromatic carbocycles. The van der Waals surface area contributed by atoms with Gasteiger partial charge in [0.1, 0.15) is 17.2 Å². The maximum Gasteiger partial charge on any atom is 0.416 e. The molecule has 0 aromatic heterocycles. The van der Waals surface area contributed by atoms with Gasteiger partial charge >= 0.3 is 12.1 Å². The van der Waals surface area contributed by atoms with Crippen molar-refractivity contribution in [1.29, 1.82) is 0 Å². The van der Waals surface area contributed by atoms with Gasteiger partial charge in [-0.25, -0.2) is 0 Å². The maximum atomic E-state index is 14.7. The van der Waals surface area contributed by atoms with Crippen molar-refractivity contribution < 1.29 is 37.1 Å². The molecule has 0 unspecified atom stereocenters. The van der Waals surface area contributed by atoms with Gasteiger partial charge in [0.2, 0.25) is 0 Å². The van der Waals surface area contributed by atoms with Gasteiger partial charge in [-0.1, -0.05) is 66.7 Å². The number of para-hydroxylation sites is 1. The van der Waals surface area contributed by atoms with Gasteiger partial charge < -0.3 is 9.64 Å². The molecule has 2 aliphatic heterocycles. The molecule has 0 N–H and O–H groups in total. The first-order chi connectivity index (χ1) is 21.5. The van der Waals surface area contributed by atoms with Crippen molar-refractivity contribution in [1.82, 2.24) is 0 Å². The van der Waals surface area contributed by atoms with Gasteiger partial charge in [-0.15, -0.1) is 0 Å². The van der Waals surface area contributed by atoms with Gasteiger partial charge in [-0.3, -0.25) is 19.2 Å². The average molecular weight is 608 g/mol. The number of nitrogens with zero attached hydrogens (tertiary/aromatic N) is 1. The van der Waals surface area contributed by atoms with E-state index in [1.165, 1.54) is 43.3 Å². The number of esters is 1. The molecule has 6 nitrogen and oxygen atoms in total. The van der Waals surface area contributed by atoms with E-state index in [1.54, 1.807) is 47.4 Å². The van der Waals surface area contributed by atoms with Crippen molar-refractivity contribution in [3.05, 3.63) is 137 Å². The SMILES string of the molecule is CC(=O)Oc1ccc(C(=O)[C@@H]2[C@@H](c3ccc(C(F)(F)F)cc3)C3(C(=O)c4ccccc4C3=O)[C@@H]3C=Cc4ccccc4N23)cc1. The van der Waals surface area contributed by atoms with E-state index in [0.29, 0.717) is 5.69 Å². The Balaban J connectivity index is 1.48. The van der Waals surface area contributed by atoms with Crippen LogP contribution in [0.4, 0.5) is 18.9 Å². The fourth-order valence-corrected chi connectivity index (χ4v) is 7.19. The lowest BCUT2D eigenvalue weighted by atomic mass is 9.64. The van der Waals surface area contributed by atoms with Crippen LogP contribution in [0.5, 0.6) is 5.75 Å². The number of hydrogen-bond donors (Lipinski definition) is 0. The summed E-state index contributed by atoms with van der Waals surface area (Å²) in [5.41, 5.74) is -0.460. The zero-order chi connectivity index (χ0) is 31.7. The molecule has 224 valence electrons. The molecule has 9 heteroatoms. The lowest BCUT2D eigenvalue weighted by Crippen LogP contribution is -2.48. The summed E-state index contributed by atoms with van der Waals surface area (Å²) < 4.78 is 46.0. The van der Waals surface area contributed by atoms with Gasteiger partial charge in [-0.05, 0) is 53.6 Å². The number of Topliss-reactive ketones (excluding diaryl/α,β-unsaturated/α-hetero) is 3. The summed E-state index contributed by atoms with van der Waals surface area (Å²) in [5.74, 6) is -2.87. The van der Waals surface area contributed by atoms with E-state index < -0.39 is 58.5 Å². The van der Waals surface area contributed by atoms with Crippen molar-refractivity contribution in [2.75, 3.05) is 4.90 Å². The van der Waals surface area contributed by atoms with Crippen LogP contribution in [0, 0.1) is 5.41 Å². The molecule has 1 aliphatic carbocycles. The lowest BCUT2D eigenvalue weighted by molar-refractivity contribution is -0.137. The second kappa shape index (κ2) is 10.1. The highest BCUT2D eigenvalue weighted by atomic mass is 19.4. The minimum Gasteiger partial charge on any atom is -0.427 e. The monoisotopic (exact) mass is 607 g/mol. The Bertz CT molecular complexity index is 1890. The van der Waals surface area contributed by atoms with Crippen LogP contribution in [-0.4, -0.2) is 35.4 Å². The third-order valence-corrected chi connectivity index (χ3v) is 8.98. The Morgan fingerprint density at radius 3 is 2.00 bits per heavy atom. The standard InChI is InChI=1S/C36H24F3NO5/c1-20(41)45-25-17-12-23(13-18-25)32(42)31-30(22-10-15-24(16-11-22)36(37,38)39)35(33(43)26-7-3-4-8-27(26)34(35)44)29-19-14-21-6-2-5-9-28(21)40(29)31/h2-19,29-31H,1H3/t29-,30+,31-/m0/s1. The quantitative estimate of drug-likeness (QED) is 0.108. The predicted molar refractivity (Wildman–Crippen MR) is 159 cm³/mol. The number of carbonyl (C=O) groups excluding carboxylic acids is 4. The van der Waals surface area contributed by atoms with E-state index in [9.17, 15) is 32.3 Å². The number of fused-ring (bicyclic) bond motifs is 5. The summed E-state index contributed by atoms with van der Waals surface area (Å²) in [6.45, 7) is 1.25. The van der Waals surface area contributed by atoms with Gasteiger partial charge in [0, 0.05) is 35.2 Å². The summed E-state index contributed by atoms with van der Waals surface area (Å²) in [7, 11) is 0. The Hall–Kier alpha value is -5.31. The minimum atomic E-state index is -4.61. The van der Waals surface area contributed by atoms with Crippen LogP contribution in [0.2, 0.25) is 0 Å². The van der Waals surface area contributed by atoms with Crippen molar-refractivity contribution in [2.45, 2.75) is 31.1 Å². The van der Waals surface area contributed by atoms with E-state index in [-0.39, 0.29) is 28.0 Å². The Morgan fingerprint density at radius 1 is 0.800 bits per heavy atom. The number of ether oxygens (including phenoxy) is 1. The zero-order valence-corrected chi connectivity index (χ0v) is 23.7. The predicted octanol–water partition coefficient (Wildman–Crippen LogP) is 6.95. The minimum absolute atomic E-state index is 0.213. The van der Waals surface area contributed by atoms with Gasteiger partial charge in [0.25, 0.3) is 0 Å². The molecule has 1 fully saturated rings. The highest BCUT2D eigenvalue weighted by molar-refractivity contribution is 6.32. The number of halogens is 3. The number of anilines is 1.